The molecular formula is C56H50F9N7O. The van der Waals surface area contributed by atoms with Gasteiger partial charge in [-0.25, -0.2) is 54.5 Å². The van der Waals surface area contributed by atoms with E-state index in [1.54, 1.807) is 85.2 Å². The van der Waals surface area contributed by atoms with Gasteiger partial charge in [0.1, 0.15) is 33.6 Å². The lowest BCUT2D eigenvalue weighted by Gasteiger charge is -2.34. The van der Waals surface area contributed by atoms with Crippen molar-refractivity contribution < 1.29 is 44.3 Å². The summed E-state index contributed by atoms with van der Waals surface area (Å²) in [6.07, 6.45) is 1.70. The fourth-order valence-corrected chi connectivity index (χ4v) is 10.4. The van der Waals surface area contributed by atoms with Crippen LogP contribution in [0.4, 0.5) is 56.6 Å². The van der Waals surface area contributed by atoms with Gasteiger partial charge >= 0.3 is 0 Å². The Morgan fingerprint density at radius 3 is 1.21 bits per heavy atom. The standard InChI is InChI=1S/C19H18F3N3.C19H17F3N2O.C18H15F3N2/c1-11-12-5-3-4-6-13(12)23-18-14(11)15(20)16(21)19(17(18)22)25-9-7-24(2)8-10-25;1-10-3-4-13-12(9-10)11(2)14-15(20)16(21)19(17(22)18(14)23-13)24-5-7-25-8-6-24;1-10-11-6-2-3-7-12(11)22-17-13(10)14(19)15(20)18(16(17)21)23-8-4-5-9-23/h3-6H,7-10H2,1-2H3;3-4,9H,5-8H2,1-2H3;2-3,6-7H,4-5,8-9H2,1H3. The summed E-state index contributed by atoms with van der Waals surface area (Å²) in [5, 5.41) is 1.86. The SMILES string of the molecule is Cc1c2ccccc2nc2c(F)c(N3CCCC3)c(F)c(F)c12.Cc1c2ccccc2nc2c(F)c(N3CCN(C)CC3)c(F)c(F)c12.Cc1ccc2nc3c(F)c(N4CCOCC4)c(F)c(F)c3c(C)c2c1. The van der Waals surface area contributed by atoms with Crippen LogP contribution in [0.25, 0.3) is 65.4 Å². The molecule has 3 fully saturated rings. The van der Waals surface area contributed by atoms with Crippen molar-refractivity contribution in [2.24, 2.45) is 0 Å². The number of aromatic nitrogens is 3. The molecule has 0 unspecified atom stereocenters. The second-order valence-corrected chi connectivity index (χ2v) is 18.9. The Hall–Kier alpha value is -6.98. The summed E-state index contributed by atoms with van der Waals surface area (Å²) in [6, 6.07) is 19.7. The van der Waals surface area contributed by atoms with E-state index in [0.717, 1.165) is 18.4 Å². The number of rotatable bonds is 3. The van der Waals surface area contributed by atoms with Crippen molar-refractivity contribution in [2.45, 2.75) is 40.5 Å². The molecule has 3 aliphatic rings. The second kappa shape index (κ2) is 19.8. The molecule has 3 aromatic heterocycles. The van der Waals surface area contributed by atoms with Crippen LogP contribution in [0.1, 0.15) is 35.1 Å². The molecule has 378 valence electrons. The molecule has 3 aliphatic heterocycles. The molecule has 0 spiro atoms. The van der Waals surface area contributed by atoms with Crippen LogP contribution in [0.2, 0.25) is 0 Å². The topological polar surface area (TPSA) is 60.9 Å². The van der Waals surface area contributed by atoms with Crippen LogP contribution in [0, 0.1) is 80.0 Å². The number of likely N-dealkylation sites (N-methyl/N-ethyl adjacent to an activating group) is 1. The molecule has 6 aromatic carbocycles. The highest BCUT2D eigenvalue weighted by atomic mass is 19.2. The average molecular weight is 1010 g/mol. The highest BCUT2D eigenvalue weighted by Crippen LogP contribution is 2.40. The van der Waals surface area contributed by atoms with Crippen LogP contribution >= 0.6 is 0 Å². The van der Waals surface area contributed by atoms with Crippen molar-refractivity contribution in [3.63, 3.8) is 0 Å². The third-order valence-electron chi connectivity index (χ3n) is 14.4. The maximum absolute atomic E-state index is 15.2. The lowest BCUT2D eigenvalue weighted by molar-refractivity contribution is 0.122. The van der Waals surface area contributed by atoms with Gasteiger partial charge < -0.3 is 24.3 Å². The summed E-state index contributed by atoms with van der Waals surface area (Å²) in [5.74, 6) is -8.87. The van der Waals surface area contributed by atoms with E-state index in [2.05, 4.69) is 19.9 Å². The zero-order valence-corrected chi connectivity index (χ0v) is 40.8. The lowest BCUT2D eigenvalue weighted by Crippen LogP contribution is -2.45. The predicted molar refractivity (Wildman–Crippen MR) is 271 cm³/mol. The molecule has 0 N–H and O–H groups in total. The Balaban J connectivity index is 0.000000126. The number of pyridine rings is 3. The number of benzene rings is 6. The zero-order chi connectivity index (χ0) is 51.6. The normalized spacial score (nSPS) is 15.5. The largest absolute Gasteiger partial charge is 0.378 e. The molecule has 3 saturated heterocycles. The molecule has 6 heterocycles. The average Bonchev–Trinajstić information content (AvgIpc) is 3.93. The maximum Gasteiger partial charge on any atom is 0.185 e. The number of para-hydroxylation sites is 2. The van der Waals surface area contributed by atoms with Gasteiger partial charge in [-0.15, -0.1) is 0 Å². The minimum absolute atomic E-state index is 0.0679. The number of anilines is 3. The molecule has 17 heteroatoms. The molecule has 0 radical (unpaired) electrons. The minimum atomic E-state index is -1.16. The molecular weight excluding hydrogens is 958 g/mol. The van der Waals surface area contributed by atoms with Gasteiger partial charge in [-0.3, -0.25) is 0 Å². The van der Waals surface area contributed by atoms with Crippen molar-refractivity contribution in [2.75, 3.05) is 87.3 Å². The van der Waals surface area contributed by atoms with Gasteiger partial charge in [0, 0.05) is 84.7 Å². The maximum atomic E-state index is 15.2. The van der Waals surface area contributed by atoms with Crippen molar-refractivity contribution in [1.29, 1.82) is 0 Å². The van der Waals surface area contributed by atoms with E-state index in [0.29, 0.717) is 115 Å². The monoisotopic (exact) mass is 1010 g/mol. The van der Waals surface area contributed by atoms with Gasteiger partial charge in [0.2, 0.25) is 0 Å². The predicted octanol–water partition coefficient (Wildman–Crippen LogP) is 12.8. The smallest absolute Gasteiger partial charge is 0.185 e. The van der Waals surface area contributed by atoms with Crippen LogP contribution < -0.4 is 14.7 Å². The third-order valence-corrected chi connectivity index (χ3v) is 14.4. The molecule has 0 aliphatic carbocycles. The van der Waals surface area contributed by atoms with Gasteiger partial charge in [-0.1, -0.05) is 48.0 Å². The van der Waals surface area contributed by atoms with Gasteiger partial charge in [-0.05, 0) is 88.5 Å². The first kappa shape index (κ1) is 49.6. The summed E-state index contributed by atoms with van der Waals surface area (Å²) >= 11 is 0. The summed E-state index contributed by atoms with van der Waals surface area (Å²) < 4.78 is 139. The first-order valence-corrected chi connectivity index (χ1v) is 24.2. The summed E-state index contributed by atoms with van der Waals surface area (Å²) in [7, 11) is 1.95. The molecule has 8 nitrogen and oxygen atoms in total. The fourth-order valence-electron chi connectivity index (χ4n) is 10.4. The van der Waals surface area contributed by atoms with Crippen LogP contribution in [0.15, 0.2) is 66.7 Å². The van der Waals surface area contributed by atoms with E-state index in [1.165, 1.54) is 4.90 Å². The second-order valence-electron chi connectivity index (χ2n) is 18.9. The van der Waals surface area contributed by atoms with E-state index in [-0.39, 0.29) is 49.8 Å². The minimum Gasteiger partial charge on any atom is -0.378 e. The van der Waals surface area contributed by atoms with Crippen LogP contribution in [0.5, 0.6) is 0 Å². The Bertz CT molecular complexity index is 3670. The van der Waals surface area contributed by atoms with Gasteiger partial charge in [0.05, 0.1) is 29.8 Å². The van der Waals surface area contributed by atoms with Crippen LogP contribution in [0.3, 0.4) is 0 Å². The molecule has 0 saturated carbocycles. The number of nitrogens with zero attached hydrogens (tertiary/aromatic N) is 7. The quantitative estimate of drug-likeness (QED) is 0.0986. The summed E-state index contributed by atoms with van der Waals surface area (Å²) in [4.78, 5) is 19.5. The van der Waals surface area contributed by atoms with E-state index >= 15 is 8.78 Å². The Labute approximate surface area is 414 Å². The summed E-state index contributed by atoms with van der Waals surface area (Å²) in [6.45, 7) is 11.5. The Kier molecular flexibility index (Phi) is 13.4. The van der Waals surface area contributed by atoms with E-state index in [4.69, 9.17) is 4.74 Å². The Morgan fingerprint density at radius 1 is 0.397 bits per heavy atom. The van der Waals surface area contributed by atoms with Crippen LogP contribution in [-0.2, 0) is 4.74 Å². The van der Waals surface area contributed by atoms with Crippen molar-refractivity contribution in [1.82, 2.24) is 19.9 Å². The number of ether oxygens (including phenoxy) is 1. The molecule has 9 aromatic rings. The fraction of sp³-hybridized carbons (Fsp3) is 0.304. The van der Waals surface area contributed by atoms with E-state index in [9.17, 15) is 30.7 Å². The number of fused-ring (bicyclic) bond motifs is 6. The lowest BCUT2D eigenvalue weighted by atomic mass is 10.0. The van der Waals surface area contributed by atoms with Crippen molar-refractivity contribution in [3.05, 3.63) is 141 Å². The first-order chi connectivity index (χ1) is 35.1. The number of halogens is 9. The number of morpholine rings is 1. The number of hydrogen-bond acceptors (Lipinski definition) is 8. The highest BCUT2D eigenvalue weighted by Gasteiger charge is 2.32. The highest BCUT2D eigenvalue weighted by molar-refractivity contribution is 6.01. The summed E-state index contributed by atoms with van der Waals surface area (Å²) in [5.41, 5.74) is 2.91. The van der Waals surface area contributed by atoms with E-state index in [1.807, 2.05) is 26.1 Å². The van der Waals surface area contributed by atoms with Gasteiger partial charge in [-0.2, -0.15) is 0 Å². The molecule has 0 amide bonds. The first-order valence-electron chi connectivity index (χ1n) is 24.2. The Morgan fingerprint density at radius 2 is 0.767 bits per heavy atom. The number of aryl methyl sites for hydroxylation is 4. The van der Waals surface area contributed by atoms with Crippen molar-refractivity contribution >= 4 is 82.5 Å². The molecule has 73 heavy (non-hydrogen) atoms. The van der Waals surface area contributed by atoms with Gasteiger partial charge in [0.15, 0.2) is 52.4 Å². The number of hydrogen-bond donors (Lipinski definition) is 0. The van der Waals surface area contributed by atoms with Crippen LogP contribution in [-0.4, -0.2) is 92.5 Å². The molecule has 0 atom stereocenters. The molecule has 12 rings (SSSR count). The zero-order valence-electron chi connectivity index (χ0n) is 40.8. The van der Waals surface area contributed by atoms with Crippen molar-refractivity contribution in [3.8, 4) is 0 Å². The molecule has 0 bridgehead atoms. The van der Waals surface area contributed by atoms with E-state index < -0.39 is 52.4 Å². The third kappa shape index (κ3) is 8.63. The number of piperazine rings is 1. The van der Waals surface area contributed by atoms with Gasteiger partial charge in [0.25, 0.3) is 0 Å².